The average molecular weight is 337 g/mol. The number of methoxy groups -OCH3 is 1. The Morgan fingerprint density at radius 1 is 0.846 bits per heavy atom. The van der Waals surface area contributed by atoms with Gasteiger partial charge in [-0.25, -0.2) is 0 Å². The van der Waals surface area contributed by atoms with Gasteiger partial charge in [-0.1, -0.05) is 54.3 Å². The van der Waals surface area contributed by atoms with Gasteiger partial charge in [0.05, 0.1) is 7.11 Å². The summed E-state index contributed by atoms with van der Waals surface area (Å²) < 4.78 is 5.28. The molecule has 1 atom stereocenters. The lowest BCUT2D eigenvalue weighted by atomic mass is 9.95. The fourth-order valence-corrected chi connectivity index (χ4v) is 3.12. The van der Waals surface area contributed by atoms with Gasteiger partial charge in [-0.05, 0) is 53.6 Å². The minimum Gasteiger partial charge on any atom is -0.497 e. The highest BCUT2D eigenvalue weighted by molar-refractivity contribution is 5.68. The predicted octanol–water partition coefficient (Wildman–Crippen LogP) is 5.28. The fourth-order valence-electron chi connectivity index (χ4n) is 3.12. The van der Waals surface area contributed by atoms with Gasteiger partial charge in [0.2, 0.25) is 0 Å². The molecule has 2 heteroatoms. The van der Waals surface area contributed by atoms with E-state index in [1.807, 2.05) is 42.5 Å². The summed E-state index contributed by atoms with van der Waals surface area (Å²) >= 11 is 0. The average Bonchev–Trinajstić information content (AvgIpc) is 2.73. The van der Waals surface area contributed by atoms with Crippen LogP contribution in [0.3, 0.4) is 0 Å². The Morgan fingerprint density at radius 2 is 1.58 bits per heavy atom. The van der Waals surface area contributed by atoms with Crippen molar-refractivity contribution < 1.29 is 4.74 Å². The molecule has 26 heavy (non-hydrogen) atoms. The number of nitrogens with zero attached hydrogens (tertiary/aromatic N) is 1. The second-order valence-electron chi connectivity index (χ2n) is 6.09. The molecule has 0 bridgehead atoms. The van der Waals surface area contributed by atoms with Crippen molar-refractivity contribution in [2.24, 2.45) is 0 Å². The van der Waals surface area contributed by atoms with Crippen molar-refractivity contribution in [3.8, 4) is 17.6 Å². The molecule has 0 saturated heterocycles. The Hall–Kier alpha value is -3.44. The molecule has 4 rings (SSSR count). The number of fused-ring (bicyclic) bond motifs is 1. The molecule has 0 amide bonds. The Kier molecular flexibility index (Phi) is 4.45. The number of hydrogen-bond donors (Lipinski definition) is 0. The van der Waals surface area contributed by atoms with Crippen LogP contribution >= 0.6 is 0 Å². The third-order valence-electron chi connectivity index (χ3n) is 4.48. The van der Waals surface area contributed by atoms with Crippen molar-refractivity contribution in [1.29, 1.82) is 0 Å². The molecule has 1 unspecified atom stereocenters. The maximum Gasteiger partial charge on any atom is 0.121 e. The van der Waals surface area contributed by atoms with Gasteiger partial charge in [-0.2, -0.15) is 0 Å². The minimum atomic E-state index is -0.0372. The van der Waals surface area contributed by atoms with Crippen molar-refractivity contribution in [1.82, 2.24) is 0 Å². The fraction of sp³-hybridized carbons (Fsp3) is 0.0833. The lowest BCUT2D eigenvalue weighted by molar-refractivity contribution is 0.415. The minimum absolute atomic E-state index is 0.0372. The van der Waals surface area contributed by atoms with Gasteiger partial charge in [0.25, 0.3) is 0 Å². The van der Waals surface area contributed by atoms with E-state index in [0.717, 1.165) is 17.0 Å². The Morgan fingerprint density at radius 3 is 2.35 bits per heavy atom. The number of anilines is 1. The van der Waals surface area contributed by atoms with Gasteiger partial charge in [0.1, 0.15) is 11.8 Å². The van der Waals surface area contributed by atoms with E-state index in [1.165, 1.54) is 11.1 Å². The zero-order valence-electron chi connectivity index (χ0n) is 14.6. The Bertz CT molecular complexity index is 978. The maximum atomic E-state index is 5.28. The van der Waals surface area contributed by atoms with Crippen molar-refractivity contribution in [3.05, 3.63) is 102 Å². The summed E-state index contributed by atoms with van der Waals surface area (Å²) in [5.41, 5.74) is 4.54. The molecule has 0 spiro atoms. The first-order valence-electron chi connectivity index (χ1n) is 8.61. The van der Waals surface area contributed by atoms with Gasteiger partial charge < -0.3 is 9.64 Å². The molecule has 3 aromatic carbocycles. The highest BCUT2D eigenvalue weighted by atomic mass is 16.5. The standard InChI is InChI=1S/C24H19NO/c1-26-22-14-12-21(13-15-22)25-18-17-20-9-5-6-10-23(20)24(25)16-11-19-7-3-2-4-8-19/h2-10,12-15,17-18,24H,1H3. The normalized spacial score (nSPS) is 15.0. The molecule has 0 radical (unpaired) electrons. The van der Waals surface area contributed by atoms with Crippen LogP contribution < -0.4 is 9.64 Å². The number of ether oxygens (including phenoxy) is 1. The SMILES string of the molecule is COc1ccc(N2C=Cc3ccccc3C2C#Cc2ccccc2)cc1. The van der Waals surface area contributed by atoms with Crippen LogP contribution in [0.4, 0.5) is 5.69 Å². The zero-order valence-corrected chi connectivity index (χ0v) is 14.6. The van der Waals surface area contributed by atoms with E-state index >= 15 is 0 Å². The molecule has 2 nitrogen and oxygen atoms in total. The quantitative estimate of drug-likeness (QED) is 0.590. The summed E-state index contributed by atoms with van der Waals surface area (Å²) in [5.74, 6) is 7.64. The Balaban J connectivity index is 1.76. The van der Waals surface area contributed by atoms with E-state index in [1.54, 1.807) is 7.11 Å². The van der Waals surface area contributed by atoms with Crippen LogP contribution in [0.15, 0.2) is 85.1 Å². The van der Waals surface area contributed by atoms with Crippen LogP contribution in [0.5, 0.6) is 5.75 Å². The van der Waals surface area contributed by atoms with Crippen molar-refractivity contribution in [2.75, 3.05) is 12.0 Å². The molecule has 0 aliphatic carbocycles. The first-order valence-corrected chi connectivity index (χ1v) is 8.61. The van der Waals surface area contributed by atoms with Crippen LogP contribution in [0.2, 0.25) is 0 Å². The van der Waals surface area contributed by atoms with Crippen LogP contribution in [0.1, 0.15) is 22.7 Å². The van der Waals surface area contributed by atoms with E-state index in [0.29, 0.717) is 0 Å². The summed E-state index contributed by atoms with van der Waals surface area (Å²) in [4.78, 5) is 2.21. The molecular weight excluding hydrogens is 318 g/mol. The first kappa shape index (κ1) is 16.1. The van der Waals surface area contributed by atoms with E-state index in [2.05, 4.69) is 65.4 Å². The summed E-state index contributed by atoms with van der Waals surface area (Å²) in [6.45, 7) is 0. The van der Waals surface area contributed by atoms with Crippen molar-refractivity contribution in [2.45, 2.75) is 6.04 Å². The molecule has 3 aromatic rings. The largest absolute Gasteiger partial charge is 0.497 e. The Labute approximate surface area is 154 Å². The maximum absolute atomic E-state index is 5.28. The lowest BCUT2D eigenvalue weighted by Gasteiger charge is -2.31. The molecule has 126 valence electrons. The topological polar surface area (TPSA) is 12.5 Å². The number of rotatable bonds is 2. The molecule has 0 aromatic heterocycles. The summed E-state index contributed by atoms with van der Waals surface area (Å²) in [7, 11) is 1.68. The summed E-state index contributed by atoms with van der Waals surface area (Å²) in [6, 6.07) is 26.6. The summed E-state index contributed by atoms with van der Waals surface area (Å²) in [5, 5.41) is 0. The molecule has 1 aliphatic rings. The second-order valence-corrected chi connectivity index (χ2v) is 6.09. The van der Waals surface area contributed by atoms with Crippen LogP contribution in [0.25, 0.3) is 6.08 Å². The van der Waals surface area contributed by atoms with Crippen molar-refractivity contribution in [3.63, 3.8) is 0 Å². The van der Waals surface area contributed by atoms with Crippen molar-refractivity contribution >= 4 is 11.8 Å². The highest BCUT2D eigenvalue weighted by Gasteiger charge is 2.22. The number of benzene rings is 3. The predicted molar refractivity (Wildman–Crippen MR) is 107 cm³/mol. The van der Waals surface area contributed by atoms with E-state index < -0.39 is 0 Å². The monoisotopic (exact) mass is 337 g/mol. The van der Waals surface area contributed by atoms with Gasteiger partial charge in [-0.3, -0.25) is 0 Å². The summed E-state index contributed by atoms with van der Waals surface area (Å²) in [6.07, 6.45) is 4.24. The highest BCUT2D eigenvalue weighted by Crippen LogP contribution is 2.34. The van der Waals surface area contributed by atoms with Crippen LogP contribution in [-0.2, 0) is 0 Å². The zero-order chi connectivity index (χ0) is 17.8. The number of hydrogen-bond acceptors (Lipinski definition) is 2. The van der Waals surface area contributed by atoms with Gasteiger partial charge >= 0.3 is 0 Å². The molecule has 0 saturated carbocycles. The van der Waals surface area contributed by atoms with E-state index in [9.17, 15) is 0 Å². The smallest absolute Gasteiger partial charge is 0.121 e. The van der Waals surface area contributed by atoms with Gasteiger partial charge in [0, 0.05) is 17.5 Å². The van der Waals surface area contributed by atoms with E-state index in [4.69, 9.17) is 4.74 Å². The molecule has 0 fully saturated rings. The van der Waals surface area contributed by atoms with Gasteiger partial charge in [-0.15, -0.1) is 0 Å². The second kappa shape index (κ2) is 7.21. The van der Waals surface area contributed by atoms with Gasteiger partial charge in [0.15, 0.2) is 0 Å². The van der Waals surface area contributed by atoms with Crippen LogP contribution in [0, 0.1) is 11.8 Å². The molecule has 0 N–H and O–H groups in total. The van der Waals surface area contributed by atoms with Crippen LogP contribution in [-0.4, -0.2) is 7.11 Å². The molecule has 1 heterocycles. The molecular formula is C24H19NO. The molecule has 1 aliphatic heterocycles. The third-order valence-corrected chi connectivity index (χ3v) is 4.48. The third kappa shape index (κ3) is 3.20. The lowest BCUT2D eigenvalue weighted by Crippen LogP contribution is -2.25. The first-order chi connectivity index (χ1) is 12.8. The van der Waals surface area contributed by atoms with E-state index in [-0.39, 0.29) is 6.04 Å².